The van der Waals surface area contributed by atoms with Crippen molar-refractivity contribution in [2.24, 2.45) is 0 Å². The normalized spacial score (nSPS) is 10.1. The summed E-state index contributed by atoms with van der Waals surface area (Å²) < 4.78 is 0. The van der Waals surface area contributed by atoms with Crippen LogP contribution in [-0.4, -0.2) is 25.2 Å². The van der Waals surface area contributed by atoms with E-state index in [1.807, 2.05) is 60.7 Å². The Balaban J connectivity index is 1.92. The summed E-state index contributed by atoms with van der Waals surface area (Å²) in [5.74, 6) is 0. The van der Waals surface area contributed by atoms with E-state index in [-0.39, 0.29) is 6.03 Å². The number of para-hydroxylation sites is 1. The van der Waals surface area contributed by atoms with Crippen LogP contribution in [0.4, 0.5) is 10.5 Å². The number of anilines is 1. The molecule has 0 bridgehead atoms. The van der Waals surface area contributed by atoms with Crippen LogP contribution in [-0.2, 0) is 11.4 Å². The molecule has 0 atom stereocenters. The van der Waals surface area contributed by atoms with Crippen LogP contribution in [0.1, 0.15) is 5.56 Å². The number of hydrogen-bond donors (Lipinski definition) is 0. The molecule has 0 saturated heterocycles. The molecular formula is C16H18N2O2. The highest BCUT2D eigenvalue weighted by Crippen LogP contribution is 2.13. The molecule has 104 valence electrons. The second-order valence-corrected chi connectivity index (χ2v) is 4.43. The van der Waals surface area contributed by atoms with Gasteiger partial charge in [-0.2, -0.15) is 0 Å². The molecule has 0 aliphatic carbocycles. The van der Waals surface area contributed by atoms with Gasteiger partial charge < -0.3 is 0 Å². The van der Waals surface area contributed by atoms with Gasteiger partial charge in [0.15, 0.2) is 0 Å². The van der Waals surface area contributed by atoms with Crippen molar-refractivity contribution in [1.82, 2.24) is 5.06 Å². The Morgan fingerprint density at radius 1 is 0.950 bits per heavy atom. The van der Waals surface area contributed by atoms with Crippen LogP contribution in [0.5, 0.6) is 0 Å². The molecule has 0 unspecified atom stereocenters. The van der Waals surface area contributed by atoms with Crippen LogP contribution in [0.2, 0.25) is 0 Å². The maximum atomic E-state index is 12.2. The first-order valence-electron chi connectivity index (χ1n) is 6.42. The van der Waals surface area contributed by atoms with E-state index < -0.39 is 0 Å². The van der Waals surface area contributed by atoms with Crippen molar-refractivity contribution < 1.29 is 9.63 Å². The van der Waals surface area contributed by atoms with Gasteiger partial charge in [-0.05, 0) is 17.7 Å². The monoisotopic (exact) mass is 270 g/mol. The van der Waals surface area contributed by atoms with Crippen LogP contribution in [0.25, 0.3) is 0 Å². The van der Waals surface area contributed by atoms with Crippen LogP contribution >= 0.6 is 0 Å². The maximum absolute atomic E-state index is 12.2. The highest BCUT2D eigenvalue weighted by atomic mass is 16.7. The molecule has 0 saturated carbocycles. The first kappa shape index (κ1) is 14.1. The van der Waals surface area contributed by atoms with Crippen molar-refractivity contribution in [2.75, 3.05) is 19.0 Å². The summed E-state index contributed by atoms with van der Waals surface area (Å²) in [6, 6.07) is 19.0. The average molecular weight is 270 g/mol. The minimum atomic E-state index is -0.216. The number of hydrogen-bond acceptors (Lipinski definition) is 2. The third kappa shape index (κ3) is 3.59. The number of rotatable bonds is 4. The Hall–Kier alpha value is -2.33. The molecular weight excluding hydrogens is 252 g/mol. The predicted molar refractivity (Wildman–Crippen MR) is 79.2 cm³/mol. The summed E-state index contributed by atoms with van der Waals surface area (Å²) in [6.45, 7) is 0.367. The van der Waals surface area contributed by atoms with Crippen molar-refractivity contribution in [3.8, 4) is 0 Å². The zero-order valence-electron chi connectivity index (χ0n) is 11.7. The quantitative estimate of drug-likeness (QED) is 0.798. The summed E-state index contributed by atoms with van der Waals surface area (Å²) in [4.78, 5) is 19.2. The highest BCUT2D eigenvalue weighted by Gasteiger charge is 2.16. The third-order valence-corrected chi connectivity index (χ3v) is 2.97. The zero-order valence-corrected chi connectivity index (χ0v) is 11.7. The van der Waals surface area contributed by atoms with Gasteiger partial charge >= 0.3 is 6.03 Å². The molecule has 0 aliphatic rings. The molecule has 4 heteroatoms. The van der Waals surface area contributed by atoms with Gasteiger partial charge in [-0.3, -0.25) is 9.74 Å². The summed E-state index contributed by atoms with van der Waals surface area (Å²) >= 11 is 0. The fourth-order valence-electron chi connectivity index (χ4n) is 1.77. The Morgan fingerprint density at radius 3 is 2.10 bits per heavy atom. The van der Waals surface area contributed by atoms with Crippen molar-refractivity contribution in [3.63, 3.8) is 0 Å². The highest BCUT2D eigenvalue weighted by molar-refractivity contribution is 5.90. The SMILES string of the molecule is CN(OCc1ccccc1)C(=O)N(C)c1ccccc1. The van der Waals surface area contributed by atoms with Gasteiger partial charge in [-0.15, -0.1) is 0 Å². The van der Waals surface area contributed by atoms with E-state index in [0.717, 1.165) is 11.3 Å². The molecule has 2 rings (SSSR count). The van der Waals surface area contributed by atoms with Gasteiger partial charge in [0.2, 0.25) is 0 Å². The van der Waals surface area contributed by atoms with E-state index in [1.54, 1.807) is 19.0 Å². The lowest BCUT2D eigenvalue weighted by molar-refractivity contribution is -0.107. The molecule has 0 aromatic heterocycles. The number of carbonyl (C=O) groups excluding carboxylic acids is 1. The molecule has 0 fully saturated rings. The number of urea groups is 1. The van der Waals surface area contributed by atoms with Gasteiger partial charge in [0.25, 0.3) is 0 Å². The fourth-order valence-corrected chi connectivity index (χ4v) is 1.77. The topological polar surface area (TPSA) is 32.8 Å². The Labute approximate surface area is 119 Å². The second kappa shape index (κ2) is 6.73. The first-order chi connectivity index (χ1) is 9.68. The molecule has 0 radical (unpaired) electrons. The predicted octanol–water partition coefficient (Wildman–Crippen LogP) is 3.31. The zero-order chi connectivity index (χ0) is 14.4. The minimum absolute atomic E-state index is 0.216. The first-order valence-corrected chi connectivity index (χ1v) is 6.42. The lowest BCUT2D eigenvalue weighted by atomic mass is 10.2. The number of carbonyl (C=O) groups is 1. The second-order valence-electron chi connectivity index (χ2n) is 4.43. The summed E-state index contributed by atoms with van der Waals surface area (Å²) in [7, 11) is 3.34. The van der Waals surface area contributed by atoms with E-state index in [0.29, 0.717) is 6.61 Å². The number of nitrogens with zero attached hydrogens (tertiary/aromatic N) is 2. The fraction of sp³-hybridized carbons (Fsp3) is 0.188. The van der Waals surface area contributed by atoms with Gasteiger partial charge in [-0.25, -0.2) is 9.86 Å². The molecule has 2 aromatic carbocycles. The molecule has 2 aromatic rings. The smallest absolute Gasteiger partial charge is 0.296 e. The van der Waals surface area contributed by atoms with Crippen LogP contribution in [0, 0.1) is 0 Å². The number of benzene rings is 2. The van der Waals surface area contributed by atoms with Crippen LogP contribution < -0.4 is 4.90 Å². The van der Waals surface area contributed by atoms with Gasteiger partial charge in [-0.1, -0.05) is 48.5 Å². The summed E-state index contributed by atoms with van der Waals surface area (Å²) in [5.41, 5.74) is 1.85. The van der Waals surface area contributed by atoms with Gasteiger partial charge in [0, 0.05) is 19.8 Å². The van der Waals surface area contributed by atoms with Gasteiger partial charge in [0.05, 0.1) is 0 Å². The lowest BCUT2D eigenvalue weighted by Crippen LogP contribution is -2.38. The Kier molecular flexibility index (Phi) is 4.74. The van der Waals surface area contributed by atoms with E-state index in [4.69, 9.17) is 4.84 Å². The average Bonchev–Trinajstić information content (AvgIpc) is 2.53. The minimum Gasteiger partial charge on any atom is -0.296 e. The third-order valence-electron chi connectivity index (χ3n) is 2.97. The van der Waals surface area contributed by atoms with E-state index in [2.05, 4.69) is 0 Å². The Bertz CT molecular complexity index is 543. The largest absolute Gasteiger partial charge is 0.347 e. The molecule has 0 N–H and O–H groups in total. The standard InChI is InChI=1S/C16H18N2O2/c1-17(15-11-7-4-8-12-15)16(19)18(2)20-13-14-9-5-3-6-10-14/h3-12H,13H2,1-2H3. The number of amides is 2. The summed E-state index contributed by atoms with van der Waals surface area (Å²) in [6.07, 6.45) is 0. The van der Waals surface area contributed by atoms with E-state index in [1.165, 1.54) is 5.06 Å². The van der Waals surface area contributed by atoms with Crippen LogP contribution in [0.15, 0.2) is 60.7 Å². The maximum Gasteiger partial charge on any atom is 0.347 e. The van der Waals surface area contributed by atoms with Crippen molar-refractivity contribution >= 4 is 11.7 Å². The Morgan fingerprint density at radius 2 is 1.50 bits per heavy atom. The molecule has 0 heterocycles. The van der Waals surface area contributed by atoms with Crippen LogP contribution in [0.3, 0.4) is 0 Å². The van der Waals surface area contributed by atoms with Crippen molar-refractivity contribution in [3.05, 3.63) is 66.2 Å². The molecule has 0 aliphatic heterocycles. The van der Waals surface area contributed by atoms with Crippen molar-refractivity contribution in [2.45, 2.75) is 6.61 Å². The van der Waals surface area contributed by atoms with E-state index in [9.17, 15) is 4.79 Å². The molecule has 20 heavy (non-hydrogen) atoms. The molecule has 2 amide bonds. The van der Waals surface area contributed by atoms with Crippen molar-refractivity contribution in [1.29, 1.82) is 0 Å². The lowest BCUT2D eigenvalue weighted by Gasteiger charge is -2.24. The van der Waals surface area contributed by atoms with E-state index >= 15 is 0 Å². The molecule has 0 spiro atoms. The summed E-state index contributed by atoms with van der Waals surface area (Å²) in [5, 5.41) is 1.25. The van der Waals surface area contributed by atoms with Gasteiger partial charge in [0.1, 0.15) is 6.61 Å². The molecule has 4 nitrogen and oxygen atoms in total. The number of hydroxylamine groups is 2.